The van der Waals surface area contributed by atoms with E-state index in [1.807, 2.05) is 31.2 Å². The lowest BCUT2D eigenvalue weighted by molar-refractivity contribution is 0.475. The molecule has 0 saturated carbocycles. The van der Waals surface area contributed by atoms with Crippen LogP contribution in [0.2, 0.25) is 10.0 Å². The molecule has 1 aromatic heterocycles. The summed E-state index contributed by atoms with van der Waals surface area (Å²) in [6.07, 6.45) is 1.42. The van der Waals surface area contributed by atoms with E-state index in [9.17, 15) is 5.11 Å². The fraction of sp³-hybridized carbons (Fsp3) is 0.0556. The van der Waals surface area contributed by atoms with Gasteiger partial charge in [0.15, 0.2) is 11.6 Å². The molecule has 1 heterocycles. The van der Waals surface area contributed by atoms with Gasteiger partial charge in [0.25, 0.3) is 0 Å². The van der Waals surface area contributed by atoms with Gasteiger partial charge in [-0.3, -0.25) is 5.43 Å². The van der Waals surface area contributed by atoms with E-state index in [-0.39, 0.29) is 10.8 Å². The van der Waals surface area contributed by atoms with Gasteiger partial charge in [-0.25, -0.2) is 9.97 Å². The number of phenolic OH excluding ortho intramolecular Hbond substituents is 1. The van der Waals surface area contributed by atoms with E-state index in [1.165, 1.54) is 12.3 Å². The minimum Gasteiger partial charge on any atom is -0.506 e. The highest BCUT2D eigenvalue weighted by Crippen LogP contribution is 2.30. The predicted molar refractivity (Wildman–Crippen MR) is 109 cm³/mol. The van der Waals surface area contributed by atoms with Crippen LogP contribution < -0.4 is 5.43 Å². The molecule has 132 valence electrons. The van der Waals surface area contributed by atoms with Crippen LogP contribution >= 0.6 is 39.1 Å². The maximum Gasteiger partial charge on any atom is 0.161 e. The van der Waals surface area contributed by atoms with Gasteiger partial charge in [0.05, 0.1) is 11.2 Å². The average molecular weight is 452 g/mol. The van der Waals surface area contributed by atoms with Crippen molar-refractivity contribution < 1.29 is 5.11 Å². The number of aromatic nitrogens is 2. The fourth-order valence-corrected chi connectivity index (χ4v) is 2.98. The summed E-state index contributed by atoms with van der Waals surface area (Å²) in [4.78, 5) is 8.90. The summed E-state index contributed by atoms with van der Waals surface area (Å²) in [5.41, 5.74) is 4.92. The third kappa shape index (κ3) is 4.52. The lowest BCUT2D eigenvalue weighted by Crippen LogP contribution is -1.99. The molecule has 0 atom stereocenters. The normalized spacial score (nSPS) is 11.1. The van der Waals surface area contributed by atoms with Gasteiger partial charge >= 0.3 is 0 Å². The minimum atomic E-state index is -0.0870. The largest absolute Gasteiger partial charge is 0.506 e. The number of hydrazone groups is 1. The van der Waals surface area contributed by atoms with E-state index in [1.54, 1.807) is 12.1 Å². The van der Waals surface area contributed by atoms with Crippen LogP contribution in [0.1, 0.15) is 11.3 Å². The Hall–Kier alpha value is -2.15. The molecule has 26 heavy (non-hydrogen) atoms. The lowest BCUT2D eigenvalue weighted by Gasteiger charge is -2.06. The Bertz CT molecular complexity index is 978. The van der Waals surface area contributed by atoms with Gasteiger partial charge in [-0.1, -0.05) is 51.3 Å². The zero-order valence-corrected chi connectivity index (χ0v) is 16.6. The van der Waals surface area contributed by atoms with E-state index in [2.05, 4.69) is 36.4 Å². The van der Waals surface area contributed by atoms with E-state index < -0.39 is 0 Å². The molecule has 0 spiro atoms. The lowest BCUT2D eigenvalue weighted by atomic mass is 10.2. The smallest absolute Gasteiger partial charge is 0.161 e. The number of halogens is 3. The molecule has 0 fully saturated rings. The number of benzene rings is 2. The molecule has 0 bridgehead atoms. The molecule has 2 aromatic carbocycles. The molecular formula is C18H13BrCl2N4O. The second-order valence-corrected chi connectivity index (χ2v) is 7.18. The maximum absolute atomic E-state index is 9.94. The van der Waals surface area contributed by atoms with Gasteiger partial charge < -0.3 is 5.11 Å². The molecule has 2 N–H and O–H groups in total. The van der Waals surface area contributed by atoms with Gasteiger partial charge in [-0.2, -0.15) is 5.10 Å². The van der Waals surface area contributed by atoms with Crippen LogP contribution in [0.15, 0.2) is 52.0 Å². The highest BCUT2D eigenvalue weighted by atomic mass is 79.9. The Morgan fingerprint density at radius 2 is 1.85 bits per heavy atom. The Morgan fingerprint density at radius 3 is 2.58 bits per heavy atom. The zero-order valence-electron chi connectivity index (χ0n) is 13.5. The molecule has 5 nitrogen and oxygen atoms in total. The van der Waals surface area contributed by atoms with Crippen LogP contribution in [0.25, 0.3) is 11.4 Å². The second-order valence-electron chi connectivity index (χ2n) is 5.42. The van der Waals surface area contributed by atoms with Crippen LogP contribution in [0.5, 0.6) is 5.75 Å². The van der Waals surface area contributed by atoms with Crippen molar-refractivity contribution in [1.82, 2.24) is 9.97 Å². The summed E-state index contributed by atoms with van der Waals surface area (Å²) in [7, 11) is 0. The molecule has 0 saturated heterocycles. The average Bonchev–Trinajstić information content (AvgIpc) is 2.59. The number of anilines is 1. The van der Waals surface area contributed by atoms with Crippen molar-refractivity contribution in [3.63, 3.8) is 0 Å². The van der Waals surface area contributed by atoms with E-state index >= 15 is 0 Å². The highest BCUT2D eigenvalue weighted by molar-refractivity contribution is 9.10. The zero-order chi connectivity index (χ0) is 18.7. The van der Waals surface area contributed by atoms with E-state index in [4.69, 9.17) is 23.2 Å². The van der Waals surface area contributed by atoms with Crippen LogP contribution in [0.4, 0.5) is 5.82 Å². The predicted octanol–water partition coefficient (Wildman–Crippen LogP) is 5.67. The molecule has 0 amide bonds. The summed E-state index contributed by atoms with van der Waals surface area (Å²) in [5, 5.41) is 14.6. The number of hydrogen-bond acceptors (Lipinski definition) is 5. The van der Waals surface area contributed by atoms with Gasteiger partial charge in [0, 0.05) is 32.4 Å². The standard InChI is InChI=1S/C18H13BrCl2N4O/c1-10-6-16(24-18(23-10)11-2-4-13(19)5-3-11)25-22-9-12-7-14(20)8-15(21)17(12)26/h2-9,26H,1H3,(H,23,24,25)/b22-9+. The van der Waals surface area contributed by atoms with Crippen molar-refractivity contribution in [2.24, 2.45) is 5.10 Å². The molecule has 0 unspecified atom stereocenters. The monoisotopic (exact) mass is 450 g/mol. The van der Waals surface area contributed by atoms with Crippen molar-refractivity contribution in [3.8, 4) is 17.1 Å². The first-order chi connectivity index (χ1) is 12.4. The molecule has 0 aliphatic heterocycles. The van der Waals surface area contributed by atoms with Gasteiger partial charge in [-0.05, 0) is 31.2 Å². The summed E-state index contributed by atoms with van der Waals surface area (Å²) >= 11 is 15.2. The van der Waals surface area contributed by atoms with Crippen molar-refractivity contribution in [1.29, 1.82) is 0 Å². The van der Waals surface area contributed by atoms with Crippen LogP contribution in [-0.2, 0) is 0 Å². The fourth-order valence-electron chi connectivity index (χ4n) is 2.21. The topological polar surface area (TPSA) is 70.4 Å². The number of hydrogen-bond donors (Lipinski definition) is 2. The highest BCUT2D eigenvalue weighted by Gasteiger charge is 2.07. The number of phenols is 1. The van der Waals surface area contributed by atoms with Gasteiger partial charge in [-0.15, -0.1) is 0 Å². The molecule has 3 rings (SSSR count). The van der Waals surface area contributed by atoms with Crippen LogP contribution in [-0.4, -0.2) is 21.3 Å². The molecule has 0 aliphatic carbocycles. The Balaban J connectivity index is 1.83. The molecule has 0 aliphatic rings. The Kier molecular flexibility index (Phi) is 5.76. The molecule has 0 radical (unpaired) electrons. The Morgan fingerprint density at radius 1 is 1.12 bits per heavy atom. The first-order valence-electron chi connectivity index (χ1n) is 7.51. The third-order valence-electron chi connectivity index (χ3n) is 3.40. The summed E-state index contributed by atoms with van der Waals surface area (Å²) in [6, 6.07) is 12.5. The first kappa shape index (κ1) is 18.6. The SMILES string of the molecule is Cc1cc(N/N=C/c2cc(Cl)cc(Cl)c2O)nc(-c2ccc(Br)cc2)n1. The van der Waals surface area contributed by atoms with E-state index in [0.717, 1.165) is 15.7 Å². The minimum absolute atomic E-state index is 0.0870. The number of aromatic hydroxyl groups is 1. The molecule has 8 heteroatoms. The van der Waals surface area contributed by atoms with Gasteiger partial charge in [0.1, 0.15) is 5.75 Å². The van der Waals surface area contributed by atoms with E-state index in [0.29, 0.717) is 22.2 Å². The van der Waals surface area contributed by atoms with Crippen molar-refractivity contribution in [2.75, 3.05) is 5.43 Å². The first-order valence-corrected chi connectivity index (χ1v) is 9.06. The van der Waals surface area contributed by atoms with Gasteiger partial charge in [0.2, 0.25) is 0 Å². The second kappa shape index (κ2) is 8.03. The molecular weight excluding hydrogens is 439 g/mol. The van der Waals surface area contributed by atoms with Crippen molar-refractivity contribution in [3.05, 3.63) is 68.2 Å². The van der Waals surface area contributed by atoms with Crippen molar-refractivity contribution >= 4 is 51.2 Å². The number of nitrogens with zero attached hydrogens (tertiary/aromatic N) is 3. The summed E-state index contributed by atoms with van der Waals surface area (Å²) in [5.74, 6) is 1.03. The number of nitrogens with one attached hydrogen (secondary N) is 1. The Labute approximate surface area is 168 Å². The molecule has 3 aromatic rings. The van der Waals surface area contributed by atoms with Crippen LogP contribution in [0.3, 0.4) is 0 Å². The van der Waals surface area contributed by atoms with Crippen LogP contribution in [0, 0.1) is 6.92 Å². The number of aryl methyl sites for hydroxylation is 1. The van der Waals surface area contributed by atoms with Crippen molar-refractivity contribution in [2.45, 2.75) is 6.92 Å². The maximum atomic E-state index is 9.94. The quantitative estimate of drug-likeness (QED) is 0.395. The number of rotatable bonds is 4. The summed E-state index contributed by atoms with van der Waals surface area (Å²) < 4.78 is 0.983. The summed E-state index contributed by atoms with van der Waals surface area (Å²) in [6.45, 7) is 1.88. The third-order valence-corrected chi connectivity index (χ3v) is 4.43.